The predicted molar refractivity (Wildman–Crippen MR) is 90.1 cm³/mol. The number of halogens is 2. The van der Waals surface area contributed by atoms with Crippen molar-refractivity contribution in [3.63, 3.8) is 0 Å². The van der Waals surface area contributed by atoms with Gasteiger partial charge in [-0.15, -0.1) is 0 Å². The minimum atomic E-state index is -3.48. The van der Waals surface area contributed by atoms with E-state index in [1.54, 1.807) is 18.2 Å². The van der Waals surface area contributed by atoms with E-state index >= 15 is 0 Å². The molecule has 0 spiro atoms. The molecule has 1 aromatic carbocycles. The Kier molecular flexibility index (Phi) is 7.08. The molecular weight excluding hydrogens is 349 g/mol. The lowest BCUT2D eigenvalue weighted by molar-refractivity contribution is -0.116. The molecule has 0 radical (unpaired) electrons. The van der Waals surface area contributed by atoms with Gasteiger partial charge in [0.25, 0.3) is 0 Å². The first kappa shape index (κ1) is 19.2. The maximum Gasteiger partial charge on any atom is 0.239 e. The lowest BCUT2D eigenvalue weighted by Crippen LogP contribution is -2.41. The molecule has 9 heteroatoms. The van der Waals surface area contributed by atoms with Crippen LogP contribution in [0.1, 0.15) is 0 Å². The number of nitrogens with zero attached hydrogens (tertiary/aromatic N) is 2. The second-order valence-electron chi connectivity index (χ2n) is 5.05. The van der Waals surface area contributed by atoms with Gasteiger partial charge in [0, 0.05) is 13.1 Å². The molecule has 1 aromatic rings. The van der Waals surface area contributed by atoms with Crippen molar-refractivity contribution in [3.8, 4) is 0 Å². The SMILES string of the molecule is CN(C)CCN(CC(=O)Nc1cccc(Cl)c1Cl)S(C)(=O)=O. The highest BCUT2D eigenvalue weighted by Crippen LogP contribution is 2.29. The van der Waals surface area contributed by atoms with Gasteiger partial charge in [0.2, 0.25) is 15.9 Å². The number of anilines is 1. The molecule has 1 rings (SSSR count). The second-order valence-corrected chi connectivity index (χ2v) is 7.82. The molecule has 1 N–H and O–H groups in total. The molecule has 0 fully saturated rings. The quantitative estimate of drug-likeness (QED) is 0.796. The highest BCUT2D eigenvalue weighted by atomic mass is 35.5. The Hall–Kier alpha value is -0.860. The van der Waals surface area contributed by atoms with Crippen LogP contribution in [0.3, 0.4) is 0 Å². The first-order chi connectivity index (χ1) is 10.1. The predicted octanol–water partition coefficient (Wildman–Crippen LogP) is 1.76. The van der Waals surface area contributed by atoms with Gasteiger partial charge in [-0.2, -0.15) is 4.31 Å². The van der Waals surface area contributed by atoms with Crippen LogP contribution in [-0.4, -0.2) is 63.5 Å². The summed E-state index contributed by atoms with van der Waals surface area (Å²) in [6.07, 6.45) is 1.07. The van der Waals surface area contributed by atoms with Gasteiger partial charge in [0.15, 0.2) is 0 Å². The van der Waals surface area contributed by atoms with E-state index in [-0.39, 0.29) is 18.1 Å². The van der Waals surface area contributed by atoms with Crippen LogP contribution in [0, 0.1) is 0 Å². The third kappa shape index (κ3) is 6.10. The number of carbonyl (C=O) groups is 1. The van der Waals surface area contributed by atoms with Crippen molar-refractivity contribution in [2.24, 2.45) is 0 Å². The lowest BCUT2D eigenvalue weighted by Gasteiger charge is -2.21. The molecule has 0 atom stereocenters. The summed E-state index contributed by atoms with van der Waals surface area (Å²) in [5, 5.41) is 3.10. The van der Waals surface area contributed by atoms with E-state index in [9.17, 15) is 13.2 Å². The van der Waals surface area contributed by atoms with Gasteiger partial charge in [0.05, 0.1) is 28.5 Å². The van der Waals surface area contributed by atoms with Crippen LogP contribution < -0.4 is 5.32 Å². The smallest absolute Gasteiger partial charge is 0.239 e. The van der Waals surface area contributed by atoms with Crippen molar-refractivity contribution in [1.82, 2.24) is 9.21 Å². The molecule has 0 saturated carbocycles. The molecule has 0 unspecified atom stereocenters. The monoisotopic (exact) mass is 367 g/mol. The van der Waals surface area contributed by atoms with E-state index in [0.29, 0.717) is 17.3 Å². The number of hydrogen-bond acceptors (Lipinski definition) is 4. The zero-order chi connectivity index (χ0) is 16.9. The Morgan fingerprint density at radius 3 is 2.41 bits per heavy atom. The fourth-order valence-electron chi connectivity index (χ4n) is 1.62. The van der Waals surface area contributed by atoms with Crippen LogP contribution in [0.15, 0.2) is 18.2 Å². The van der Waals surface area contributed by atoms with Crippen LogP contribution in [0.5, 0.6) is 0 Å². The zero-order valence-corrected chi connectivity index (χ0v) is 15.0. The molecule has 1 amide bonds. The van der Waals surface area contributed by atoms with Gasteiger partial charge in [-0.3, -0.25) is 4.79 Å². The molecule has 22 heavy (non-hydrogen) atoms. The molecule has 0 bridgehead atoms. The van der Waals surface area contributed by atoms with E-state index in [2.05, 4.69) is 5.32 Å². The van der Waals surface area contributed by atoms with Gasteiger partial charge in [0.1, 0.15) is 0 Å². The second kappa shape index (κ2) is 8.12. The first-order valence-electron chi connectivity index (χ1n) is 6.45. The molecule has 0 saturated heterocycles. The van der Waals surface area contributed by atoms with E-state index in [4.69, 9.17) is 23.2 Å². The lowest BCUT2D eigenvalue weighted by atomic mass is 10.3. The normalized spacial score (nSPS) is 12.0. The zero-order valence-electron chi connectivity index (χ0n) is 12.6. The standard InChI is InChI=1S/C13H19Cl2N3O3S/c1-17(2)7-8-18(22(3,20)21)9-12(19)16-11-6-4-5-10(14)13(11)15/h4-6H,7-9H2,1-3H3,(H,16,19). The average molecular weight is 368 g/mol. The van der Waals surface area contributed by atoms with Gasteiger partial charge < -0.3 is 10.2 Å². The summed E-state index contributed by atoms with van der Waals surface area (Å²) in [7, 11) is 0.172. The summed E-state index contributed by atoms with van der Waals surface area (Å²) >= 11 is 11.8. The summed E-state index contributed by atoms with van der Waals surface area (Å²) in [6.45, 7) is 0.455. The number of carbonyl (C=O) groups excluding carboxylic acids is 1. The van der Waals surface area contributed by atoms with Crippen LogP contribution >= 0.6 is 23.2 Å². The van der Waals surface area contributed by atoms with Crippen molar-refractivity contribution < 1.29 is 13.2 Å². The van der Waals surface area contributed by atoms with Crippen molar-refractivity contribution in [3.05, 3.63) is 28.2 Å². The average Bonchev–Trinajstić information content (AvgIpc) is 2.38. The molecular formula is C13H19Cl2N3O3S. The number of rotatable bonds is 7. The number of nitrogens with one attached hydrogen (secondary N) is 1. The summed E-state index contributed by atoms with van der Waals surface area (Å²) < 4.78 is 24.6. The fourth-order valence-corrected chi connectivity index (χ4v) is 2.74. The number of amides is 1. The third-order valence-corrected chi connectivity index (χ3v) is 4.88. The summed E-state index contributed by atoms with van der Waals surface area (Å²) in [5.41, 5.74) is 0.347. The Morgan fingerprint density at radius 1 is 1.23 bits per heavy atom. The van der Waals surface area contributed by atoms with Gasteiger partial charge >= 0.3 is 0 Å². The maximum atomic E-state index is 12.0. The maximum absolute atomic E-state index is 12.0. The number of likely N-dealkylation sites (N-methyl/N-ethyl adjacent to an activating group) is 1. The van der Waals surface area contributed by atoms with E-state index in [0.717, 1.165) is 10.6 Å². The van der Waals surface area contributed by atoms with Crippen molar-refractivity contribution in [2.45, 2.75) is 0 Å². The van der Waals surface area contributed by atoms with Crippen LogP contribution in [0.25, 0.3) is 0 Å². The minimum Gasteiger partial charge on any atom is -0.324 e. The van der Waals surface area contributed by atoms with Crippen LogP contribution in [-0.2, 0) is 14.8 Å². The molecule has 0 aliphatic rings. The van der Waals surface area contributed by atoms with E-state index < -0.39 is 15.9 Å². The largest absolute Gasteiger partial charge is 0.324 e. The van der Waals surface area contributed by atoms with Crippen LogP contribution in [0.4, 0.5) is 5.69 Å². The molecule has 6 nitrogen and oxygen atoms in total. The Balaban J connectivity index is 2.77. The summed E-state index contributed by atoms with van der Waals surface area (Å²) in [6, 6.07) is 4.83. The van der Waals surface area contributed by atoms with E-state index in [1.807, 2.05) is 19.0 Å². The third-order valence-electron chi connectivity index (χ3n) is 2.81. The number of hydrogen-bond donors (Lipinski definition) is 1. The molecule has 0 aliphatic heterocycles. The van der Waals surface area contributed by atoms with Crippen molar-refractivity contribution in [1.29, 1.82) is 0 Å². The summed E-state index contributed by atoms with van der Waals surface area (Å²) in [5.74, 6) is -0.478. The summed E-state index contributed by atoms with van der Waals surface area (Å²) in [4.78, 5) is 13.9. The van der Waals surface area contributed by atoms with Gasteiger partial charge in [-0.25, -0.2) is 8.42 Å². The van der Waals surface area contributed by atoms with Crippen molar-refractivity contribution >= 4 is 44.8 Å². The topological polar surface area (TPSA) is 69.7 Å². The highest BCUT2D eigenvalue weighted by molar-refractivity contribution is 7.88. The van der Waals surface area contributed by atoms with Gasteiger partial charge in [-0.05, 0) is 26.2 Å². The molecule has 0 aromatic heterocycles. The minimum absolute atomic E-state index is 0.219. The first-order valence-corrected chi connectivity index (χ1v) is 9.05. The van der Waals surface area contributed by atoms with Gasteiger partial charge in [-0.1, -0.05) is 29.3 Å². The molecule has 0 heterocycles. The van der Waals surface area contributed by atoms with Crippen molar-refractivity contribution in [2.75, 3.05) is 45.3 Å². The molecule has 0 aliphatic carbocycles. The fraction of sp³-hybridized carbons (Fsp3) is 0.462. The van der Waals surface area contributed by atoms with Crippen LogP contribution in [0.2, 0.25) is 10.0 Å². The Labute approximate surface area is 141 Å². The number of sulfonamides is 1. The molecule has 124 valence electrons. The number of benzene rings is 1. The Morgan fingerprint density at radius 2 is 1.86 bits per heavy atom. The van der Waals surface area contributed by atoms with E-state index in [1.165, 1.54) is 0 Å². The highest BCUT2D eigenvalue weighted by Gasteiger charge is 2.20. The Bertz CT molecular complexity index is 635.